The second-order valence-corrected chi connectivity index (χ2v) is 6.09. The van der Waals surface area contributed by atoms with E-state index in [9.17, 15) is 9.90 Å². The summed E-state index contributed by atoms with van der Waals surface area (Å²) in [5, 5.41) is 10.4. The van der Waals surface area contributed by atoms with Gasteiger partial charge in [0, 0.05) is 31.4 Å². The molecule has 1 aliphatic rings. The molecule has 0 unspecified atom stereocenters. The number of likely N-dealkylation sites (tertiary alicyclic amines) is 1. The van der Waals surface area contributed by atoms with Crippen LogP contribution in [0, 0.1) is 0 Å². The molecular formula is C17H23N3O3. The average Bonchev–Trinajstić information content (AvgIpc) is 3.19. The number of carbonyl (C=O) groups excluding carboxylic acids is 1. The highest BCUT2D eigenvalue weighted by molar-refractivity contribution is 5.76. The number of amides is 1. The molecule has 2 atom stereocenters. The number of aliphatic hydroxyl groups is 1. The molecule has 6 heteroatoms. The van der Waals surface area contributed by atoms with Crippen LogP contribution in [0.1, 0.15) is 44.0 Å². The van der Waals surface area contributed by atoms with Gasteiger partial charge in [-0.2, -0.15) is 0 Å². The molecular weight excluding hydrogens is 294 g/mol. The monoisotopic (exact) mass is 317 g/mol. The molecule has 124 valence electrons. The molecule has 6 nitrogen and oxygen atoms in total. The van der Waals surface area contributed by atoms with Crippen molar-refractivity contribution >= 4 is 5.91 Å². The first-order valence-corrected chi connectivity index (χ1v) is 8.20. The van der Waals surface area contributed by atoms with E-state index < -0.39 is 6.10 Å². The zero-order valence-electron chi connectivity index (χ0n) is 13.2. The van der Waals surface area contributed by atoms with Crippen LogP contribution in [0.5, 0.6) is 0 Å². The van der Waals surface area contributed by atoms with Crippen molar-refractivity contribution in [1.29, 1.82) is 0 Å². The summed E-state index contributed by atoms with van der Waals surface area (Å²) in [6, 6.07) is 3.60. The zero-order valence-corrected chi connectivity index (χ0v) is 13.2. The van der Waals surface area contributed by atoms with Gasteiger partial charge in [-0.3, -0.25) is 4.79 Å². The highest BCUT2D eigenvalue weighted by atomic mass is 16.4. The summed E-state index contributed by atoms with van der Waals surface area (Å²) in [6.07, 6.45) is 10.7. The van der Waals surface area contributed by atoms with E-state index in [1.54, 1.807) is 41.7 Å². The maximum Gasteiger partial charge on any atom is 0.242 e. The lowest BCUT2D eigenvalue weighted by Crippen LogP contribution is -2.42. The Balaban J connectivity index is 1.68. The van der Waals surface area contributed by atoms with Gasteiger partial charge in [-0.1, -0.05) is 12.8 Å². The van der Waals surface area contributed by atoms with Crippen LogP contribution in [0.4, 0.5) is 0 Å². The van der Waals surface area contributed by atoms with E-state index in [1.807, 2.05) is 4.90 Å². The molecule has 1 N–H and O–H groups in total. The number of furan rings is 1. The summed E-state index contributed by atoms with van der Waals surface area (Å²) in [7, 11) is 0. The van der Waals surface area contributed by atoms with Crippen molar-refractivity contribution in [3.63, 3.8) is 0 Å². The van der Waals surface area contributed by atoms with Crippen LogP contribution in [0.15, 0.2) is 41.5 Å². The topological polar surface area (TPSA) is 71.5 Å². The molecule has 2 aromatic rings. The largest absolute Gasteiger partial charge is 0.467 e. The summed E-state index contributed by atoms with van der Waals surface area (Å²) < 4.78 is 7.07. The molecule has 23 heavy (non-hydrogen) atoms. The summed E-state index contributed by atoms with van der Waals surface area (Å²) in [6.45, 7) is 1.05. The summed E-state index contributed by atoms with van der Waals surface area (Å²) in [5.41, 5.74) is 0. The maximum absolute atomic E-state index is 12.7. The Labute approximate surface area is 135 Å². The Bertz CT molecular complexity index is 595. The van der Waals surface area contributed by atoms with Crippen LogP contribution in [-0.2, 0) is 11.3 Å². The van der Waals surface area contributed by atoms with Crippen molar-refractivity contribution in [3.8, 4) is 0 Å². The molecule has 1 saturated heterocycles. The van der Waals surface area contributed by atoms with Crippen LogP contribution in [0.25, 0.3) is 0 Å². The third-order valence-electron chi connectivity index (χ3n) is 4.44. The van der Waals surface area contributed by atoms with Crippen molar-refractivity contribution in [2.45, 2.75) is 50.8 Å². The second kappa shape index (κ2) is 7.46. The Hall–Kier alpha value is -2.08. The minimum absolute atomic E-state index is 0.0496. The fraction of sp³-hybridized carbons (Fsp3) is 0.529. The SMILES string of the molecule is O=C(Cn1ccnc1)N1CCCCC[C@@H]1C[C@H](O)c1ccco1. The normalized spacial score (nSPS) is 20.2. The standard InChI is InChI=1S/C17H23N3O3/c21-15(16-6-4-10-23-16)11-14-5-2-1-3-8-20(14)17(22)12-19-9-7-18-13-19/h4,6-7,9-10,13-15,21H,1-3,5,8,11-12H2/t14-,15+/m1/s1. The van der Waals surface area contributed by atoms with Crippen LogP contribution in [0.3, 0.4) is 0 Å². The third kappa shape index (κ3) is 4.01. The molecule has 1 fully saturated rings. The van der Waals surface area contributed by atoms with Gasteiger partial charge in [-0.15, -0.1) is 0 Å². The predicted molar refractivity (Wildman–Crippen MR) is 84.5 cm³/mol. The van der Waals surface area contributed by atoms with Crippen LogP contribution in [0.2, 0.25) is 0 Å². The molecule has 1 aliphatic heterocycles. The summed E-state index contributed by atoms with van der Waals surface area (Å²) >= 11 is 0. The number of hydrogen-bond acceptors (Lipinski definition) is 4. The van der Waals surface area contributed by atoms with Gasteiger partial charge in [0.25, 0.3) is 0 Å². The van der Waals surface area contributed by atoms with Crippen molar-refractivity contribution < 1.29 is 14.3 Å². The number of imidazole rings is 1. The Kier molecular flexibility index (Phi) is 5.12. The molecule has 0 aromatic carbocycles. The number of rotatable bonds is 5. The van der Waals surface area contributed by atoms with E-state index in [4.69, 9.17) is 4.42 Å². The summed E-state index contributed by atoms with van der Waals surface area (Å²) in [4.78, 5) is 18.6. The Morgan fingerprint density at radius 1 is 1.43 bits per heavy atom. The fourth-order valence-electron chi connectivity index (χ4n) is 3.23. The maximum atomic E-state index is 12.7. The third-order valence-corrected chi connectivity index (χ3v) is 4.44. The van der Waals surface area contributed by atoms with Gasteiger partial charge in [-0.05, 0) is 25.0 Å². The predicted octanol–water partition coefficient (Wildman–Crippen LogP) is 2.37. The number of hydrogen-bond donors (Lipinski definition) is 1. The summed E-state index contributed by atoms with van der Waals surface area (Å²) in [5.74, 6) is 0.651. The number of carbonyl (C=O) groups is 1. The van der Waals surface area contributed by atoms with Gasteiger partial charge in [-0.25, -0.2) is 4.98 Å². The van der Waals surface area contributed by atoms with E-state index in [-0.39, 0.29) is 11.9 Å². The lowest BCUT2D eigenvalue weighted by molar-refractivity contribution is -0.134. The molecule has 0 aliphatic carbocycles. The fourth-order valence-corrected chi connectivity index (χ4v) is 3.23. The highest BCUT2D eigenvalue weighted by Gasteiger charge is 2.28. The molecule has 3 heterocycles. The second-order valence-electron chi connectivity index (χ2n) is 6.09. The highest BCUT2D eigenvalue weighted by Crippen LogP contribution is 2.27. The van der Waals surface area contributed by atoms with Crippen LogP contribution >= 0.6 is 0 Å². The van der Waals surface area contributed by atoms with E-state index in [1.165, 1.54) is 0 Å². The van der Waals surface area contributed by atoms with Crippen molar-refractivity contribution in [1.82, 2.24) is 14.5 Å². The first-order valence-electron chi connectivity index (χ1n) is 8.20. The van der Waals surface area contributed by atoms with Crippen molar-refractivity contribution in [2.75, 3.05) is 6.54 Å². The Morgan fingerprint density at radius 2 is 2.35 bits per heavy atom. The molecule has 3 rings (SSSR count). The van der Waals surface area contributed by atoms with E-state index in [0.29, 0.717) is 18.7 Å². The smallest absolute Gasteiger partial charge is 0.242 e. The number of aromatic nitrogens is 2. The van der Waals surface area contributed by atoms with Gasteiger partial charge >= 0.3 is 0 Å². The minimum atomic E-state index is -0.670. The molecule has 1 amide bonds. The van der Waals surface area contributed by atoms with Gasteiger partial charge in [0.05, 0.1) is 12.6 Å². The van der Waals surface area contributed by atoms with Crippen LogP contribution in [-0.4, -0.2) is 38.1 Å². The lowest BCUT2D eigenvalue weighted by atomic mass is 10.0. The molecule has 0 radical (unpaired) electrons. The number of aliphatic hydroxyl groups excluding tert-OH is 1. The lowest BCUT2D eigenvalue weighted by Gasteiger charge is -2.31. The Morgan fingerprint density at radius 3 is 3.09 bits per heavy atom. The van der Waals surface area contributed by atoms with Crippen LogP contribution < -0.4 is 0 Å². The zero-order chi connectivity index (χ0) is 16.1. The molecule has 0 bridgehead atoms. The number of nitrogens with zero attached hydrogens (tertiary/aromatic N) is 3. The van der Waals surface area contributed by atoms with Crippen molar-refractivity contribution in [2.24, 2.45) is 0 Å². The minimum Gasteiger partial charge on any atom is -0.467 e. The van der Waals surface area contributed by atoms with E-state index >= 15 is 0 Å². The average molecular weight is 317 g/mol. The van der Waals surface area contributed by atoms with Crippen molar-refractivity contribution in [3.05, 3.63) is 42.9 Å². The molecule has 2 aromatic heterocycles. The van der Waals surface area contributed by atoms with Gasteiger partial charge < -0.3 is 19.0 Å². The van der Waals surface area contributed by atoms with Gasteiger partial charge in [0.1, 0.15) is 18.4 Å². The van der Waals surface area contributed by atoms with E-state index in [0.717, 1.165) is 32.2 Å². The van der Waals surface area contributed by atoms with Gasteiger partial charge in [0.2, 0.25) is 5.91 Å². The molecule has 0 saturated carbocycles. The molecule has 0 spiro atoms. The first-order chi connectivity index (χ1) is 11.2. The van der Waals surface area contributed by atoms with Gasteiger partial charge in [0.15, 0.2) is 0 Å². The quantitative estimate of drug-likeness (QED) is 0.919. The van der Waals surface area contributed by atoms with E-state index in [2.05, 4.69) is 4.98 Å². The first kappa shape index (κ1) is 15.8.